The molecule has 0 saturated carbocycles. The summed E-state index contributed by atoms with van der Waals surface area (Å²) in [7, 11) is 0. The fraction of sp³-hybridized carbons (Fsp3) is 0.333. The van der Waals surface area contributed by atoms with Crippen LogP contribution in [-0.4, -0.2) is 59.4 Å². The molecule has 1 amide bonds. The highest BCUT2D eigenvalue weighted by molar-refractivity contribution is 6.46. The molecule has 1 N–H and O–H groups in total. The molecule has 0 spiro atoms. The molecule has 3 rings (SSSR count). The zero-order valence-corrected chi connectivity index (χ0v) is 19.9. The number of carbonyl (C=O) groups excluding carboxylic acids is 2. The van der Waals surface area contributed by atoms with Gasteiger partial charge in [0.1, 0.15) is 23.9 Å². The number of rotatable bonds is 10. The Kier molecular flexibility index (Phi) is 8.23. The van der Waals surface area contributed by atoms with Crippen LogP contribution < -0.4 is 4.74 Å². The number of likely N-dealkylation sites (tertiary alicyclic amines) is 1. The summed E-state index contributed by atoms with van der Waals surface area (Å²) in [6, 6.07) is 9.91. The topological polar surface area (TPSA) is 70.1 Å². The van der Waals surface area contributed by atoms with Crippen LogP contribution in [0, 0.1) is 12.7 Å². The minimum atomic E-state index is -0.812. The number of aliphatic hydroxyl groups excluding tert-OH is 1. The van der Waals surface area contributed by atoms with Gasteiger partial charge in [-0.3, -0.25) is 9.59 Å². The van der Waals surface area contributed by atoms with Crippen molar-refractivity contribution in [1.29, 1.82) is 0 Å². The molecule has 0 aliphatic carbocycles. The molecule has 1 fully saturated rings. The van der Waals surface area contributed by atoms with Crippen molar-refractivity contribution in [3.05, 3.63) is 83.2 Å². The van der Waals surface area contributed by atoms with Crippen molar-refractivity contribution in [2.45, 2.75) is 26.8 Å². The van der Waals surface area contributed by atoms with Crippen LogP contribution in [-0.2, 0) is 9.59 Å². The third-order valence-electron chi connectivity index (χ3n) is 6.08. The standard InChI is InChI=1S/C27H31FN2O4/c1-5-16-34-22-13-10-20(17-18(22)4)25(31)23-24(19-8-11-21(28)12-9-19)30(27(33)26(23)32)15-14-29(6-2)7-3/h5,8-13,17,24,31H,1,6-7,14-16H2,2-4H3. The van der Waals surface area contributed by atoms with Crippen molar-refractivity contribution < 1.29 is 23.8 Å². The third kappa shape index (κ3) is 5.20. The van der Waals surface area contributed by atoms with Gasteiger partial charge in [-0.2, -0.15) is 0 Å². The van der Waals surface area contributed by atoms with Gasteiger partial charge in [-0.25, -0.2) is 4.39 Å². The summed E-state index contributed by atoms with van der Waals surface area (Å²) in [5.41, 5.74) is 1.72. The largest absolute Gasteiger partial charge is 0.507 e. The number of benzene rings is 2. The maximum Gasteiger partial charge on any atom is 0.295 e. The number of hydrogen-bond acceptors (Lipinski definition) is 5. The Morgan fingerprint density at radius 3 is 2.44 bits per heavy atom. The number of amides is 1. The van der Waals surface area contributed by atoms with Gasteiger partial charge in [0, 0.05) is 18.7 Å². The van der Waals surface area contributed by atoms with Gasteiger partial charge in [0.2, 0.25) is 0 Å². The molecule has 1 saturated heterocycles. The monoisotopic (exact) mass is 466 g/mol. The summed E-state index contributed by atoms with van der Waals surface area (Å²) in [5, 5.41) is 11.2. The van der Waals surface area contributed by atoms with Crippen LogP contribution in [0.4, 0.5) is 4.39 Å². The first-order chi connectivity index (χ1) is 16.3. The Bertz CT molecular complexity index is 1090. The number of ether oxygens (including phenoxy) is 1. The number of hydrogen-bond donors (Lipinski definition) is 1. The van der Waals surface area contributed by atoms with Crippen LogP contribution in [0.1, 0.15) is 36.6 Å². The Labute approximate surface area is 199 Å². The van der Waals surface area contributed by atoms with Gasteiger partial charge in [0.25, 0.3) is 11.7 Å². The van der Waals surface area contributed by atoms with Crippen LogP contribution in [0.25, 0.3) is 5.76 Å². The molecule has 2 aromatic carbocycles. The molecule has 1 aliphatic heterocycles. The second-order valence-electron chi connectivity index (χ2n) is 8.15. The zero-order valence-electron chi connectivity index (χ0n) is 19.9. The maximum atomic E-state index is 13.6. The highest BCUT2D eigenvalue weighted by atomic mass is 19.1. The summed E-state index contributed by atoms with van der Waals surface area (Å²) in [6.45, 7) is 12.4. The van der Waals surface area contributed by atoms with Crippen molar-refractivity contribution in [3.8, 4) is 5.75 Å². The van der Waals surface area contributed by atoms with Crippen molar-refractivity contribution in [3.63, 3.8) is 0 Å². The minimum absolute atomic E-state index is 0.00434. The van der Waals surface area contributed by atoms with Crippen molar-refractivity contribution in [1.82, 2.24) is 9.80 Å². The van der Waals surface area contributed by atoms with Crippen LogP contribution in [0.3, 0.4) is 0 Å². The fourth-order valence-corrected chi connectivity index (χ4v) is 4.15. The summed E-state index contributed by atoms with van der Waals surface area (Å²) in [6.07, 6.45) is 1.63. The Balaban J connectivity index is 2.07. The Morgan fingerprint density at radius 2 is 1.85 bits per heavy atom. The number of nitrogens with zero attached hydrogens (tertiary/aromatic N) is 2. The molecule has 1 unspecified atom stereocenters. The van der Waals surface area contributed by atoms with Crippen LogP contribution in [0.2, 0.25) is 0 Å². The molecule has 2 aromatic rings. The number of aryl methyl sites for hydroxylation is 1. The Morgan fingerprint density at radius 1 is 1.18 bits per heavy atom. The van der Waals surface area contributed by atoms with E-state index in [9.17, 15) is 19.1 Å². The molecule has 0 radical (unpaired) electrons. The highest BCUT2D eigenvalue weighted by Crippen LogP contribution is 2.39. The average Bonchev–Trinajstić information content (AvgIpc) is 3.09. The molecule has 0 bridgehead atoms. The fourth-order valence-electron chi connectivity index (χ4n) is 4.15. The lowest BCUT2D eigenvalue weighted by molar-refractivity contribution is -0.140. The summed E-state index contributed by atoms with van der Waals surface area (Å²) >= 11 is 0. The predicted octanol–water partition coefficient (Wildman–Crippen LogP) is 4.46. The molecule has 34 heavy (non-hydrogen) atoms. The van der Waals surface area contributed by atoms with E-state index in [4.69, 9.17) is 4.74 Å². The normalized spacial score (nSPS) is 17.4. The van der Waals surface area contributed by atoms with Crippen LogP contribution in [0.15, 0.2) is 60.7 Å². The first-order valence-corrected chi connectivity index (χ1v) is 11.4. The number of aliphatic hydroxyl groups is 1. The summed E-state index contributed by atoms with van der Waals surface area (Å²) in [4.78, 5) is 29.8. The lowest BCUT2D eigenvalue weighted by Gasteiger charge is -2.28. The lowest BCUT2D eigenvalue weighted by atomic mass is 9.94. The van der Waals surface area contributed by atoms with Crippen LogP contribution >= 0.6 is 0 Å². The van der Waals surface area contributed by atoms with E-state index in [1.165, 1.54) is 17.0 Å². The van der Waals surface area contributed by atoms with E-state index in [0.717, 1.165) is 18.7 Å². The van der Waals surface area contributed by atoms with E-state index >= 15 is 0 Å². The van der Waals surface area contributed by atoms with E-state index in [0.29, 0.717) is 36.6 Å². The summed E-state index contributed by atoms with van der Waals surface area (Å²) < 4.78 is 19.2. The van der Waals surface area contributed by atoms with Gasteiger partial charge < -0.3 is 19.6 Å². The molecular weight excluding hydrogens is 435 g/mol. The highest BCUT2D eigenvalue weighted by Gasteiger charge is 2.46. The smallest absolute Gasteiger partial charge is 0.295 e. The van der Waals surface area contributed by atoms with E-state index in [1.54, 1.807) is 36.4 Å². The molecule has 180 valence electrons. The SMILES string of the molecule is C=CCOc1ccc(C(O)=C2C(=O)C(=O)N(CCN(CC)CC)C2c2ccc(F)cc2)cc1C. The average molecular weight is 467 g/mol. The molecule has 1 atom stereocenters. The first kappa shape index (κ1) is 25.2. The van der Waals surface area contributed by atoms with Gasteiger partial charge in [-0.15, -0.1) is 0 Å². The molecule has 7 heteroatoms. The van der Waals surface area contributed by atoms with E-state index in [-0.39, 0.29) is 11.3 Å². The van der Waals surface area contributed by atoms with E-state index in [2.05, 4.69) is 11.5 Å². The molecule has 6 nitrogen and oxygen atoms in total. The second-order valence-corrected chi connectivity index (χ2v) is 8.15. The predicted molar refractivity (Wildman–Crippen MR) is 130 cm³/mol. The van der Waals surface area contributed by atoms with Crippen molar-refractivity contribution >= 4 is 17.4 Å². The molecular formula is C27H31FN2O4. The van der Waals surface area contributed by atoms with E-state index < -0.39 is 23.5 Å². The number of likely N-dealkylation sites (N-methyl/N-ethyl adjacent to an activating group) is 1. The zero-order chi connectivity index (χ0) is 24.8. The third-order valence-corrected chi connectivity index (χ3v) is 6.08. The number of carbonyl (C=O) groups is 2. The maximum absolute atomic E-state index is 13.6. The molecule has 1 heterocycles. The lowest BCUT2D eigenvalue weighted by Crippen LogP contribution is -2.38. The number of ketones is 1. The van der Waals surface area contributed by atoms with Crippen LogP contribution in [0.5, 0.6) is 5.75 Å². The van der Waals surface area contributed by atoms with Gasteiger partial charge in [-0.05, 0) is 61.5 Å². The van der Waals surface area contributed by atoms with Gasteiger partial charge in [-0.1, -0.05) is 38.6 Å². The first-order valence-electron chi connectivity index (χ1n) is 11.4. The van der Waals surface area contributed by atoms with Gasteiger partial charge >= 0.3 is 0 Å². The number of halogens is 1. The molecule has 1 aliphatic rings. The summed E-state index contributed by atoms with van der Waals surface area (Å²) in [5.74, 6) is -1.49. The number of Topliss-reactive ketones (excluding diaryl/α,β-unsaturated/α-hetero) is 1. The van der Waals surface area contributed by atoms with E-state index in [1.807, 2.05) is 20.8 Å². The second kappa shape index (κ2) is 11.1. The van der Waals surface area contributed by atoms with Crippen molar-refractivity contribution in [2.24, 2.45) is 0 Å². The quantitative estimate of drug-likeness (QED) is 0.242. The van der Waals surface area contributed by atoms with Crippen molar-refractivity contribution in [2.75, 3.05) is 32.8 Å². The van der Waals surface area contributed by atoms with Gasteiger partial charge in [0.05, 0.1) is 11.6 Å². The minimum Gasteiger partial charge on any atom is -0.507 e. The van der Waals surface area contributed by atoms with Gasteiger partial charge in [0.15, 0.2) is 0 Å². The Hall–Kier alpha value is -3.45. The molecule has 0 aromatic heterocycles.